The van der Waals surface area contributed by atoms with E-state index in [9.17, 15) is 13.6 Å². The molecular weight excluding hydrogens is 300 g/mol. The van der Waals surface area contributed by atoms with Crippen LogP contribution in [0.3, 0.4) is 0 Å². The summed E-state index contributed by atoms with van der Waals surface area (Å²) in [5.41, 5.74) is 0. The molecule has 2 nitrogen and oxygen atoms in total. The molecule has 16 heavy (non-hydrogen) atoms. The van der Waals surface area contributed by atoms with Crippen molar-refractivity contribution in [3.05, 3.63) is 0 Å². The molecule has 1 unspecified atom stereocenters. The highest BCUT2D eigenvalue weighted by molar-refractivity contribution is 9.09. The van der Waals surface area contributed by atoms with Gasteiger partial charge in [-0.2, -0.15) is 0 Å². The molecule has 0 saturated carbocycles. The molecule has 1 heterocycles. The lowest BCUT2D eigenvalue weighted by atomic mass is 10.0. The third kappa shape index (κ3) is 3.58. The Balaban J connectivity index is 2.65. The second kappa shape index (κ2) is 6.19. The minimum atomic E-state index is -2.46. The maximum Gasteiger partial charge on any atom is 0.255 e. The van der Waals surface area contributed by atoms with Gasteiger partial charge in [-0.25, -0.2) is 8.78 Å². The second-order valence-corrected chi connectivity index (χ2v) is 6.41. The van der Waals surface area contributed by atoms with Crippen molar-refractivity contribution in [3.8, 4) is 0 Å². The SMILES string of the molecule is CC1(C(=O)N(CCBr)CC(F)F)CCCS1. The highest BCUT2D eigenvalue weighted by atomic mass is 79.9. The van der Waals surface area contributed by atoms with Crippen LogP contribution in [0, 0.1) is 0 Å². The van der Waals surface area contributed by atoms with Crippen LogP contribution >= 0.6 is 27.7 Å². The number of carbonyl (C=O) groups is 1. The van der Waals surface area contributed by atoms with Crippen molar-refractivity contribution in [3.63, 3.8) is 0 Å². The van der Waals surface area contributed by atoms with E-state index in [-0.39, 0.29) is 5.91 Å². The molecule has 1 aliphatic rings. The molecule has 1 saturated heterocycles. The number of rotatable bonds is 5. The van der Waals surface area contributed by atoms with Gasteiger partial charge in [0.05, 0.1) is 11.3 Å². The van der Waals surface area contributed by atoms with Gasteiger partial charge in [0.1, 0.15) is 0 Å². The molecule has 0 aromatic rings. The Morgan fingerprint density at radius 1 is 1.62 bits per heavy atom. The van der Waals surface area contributed by atoms with Gasteiger partial charge in [0.2, 0.25) is 5.91 Å². The molecule has 1 amide bonds. The van der Waals surface area contributed by atoms with Crippen molar-refractivity contribution >= 4 is 33.6 Å². The molecule has 1 rings (SSSR count). The number of nitrogens with zero attached hydrogens (tertiary/aromatic N) is 1. The molecule has 6 heteroatoms. The zero-order valence-corrected chi connectivity index (χ0v) is 11.6. The fourth-order valence-corrected chi connectivity index (χ4v) is 3.54. The zero-order valence-electron chi connectivity index (χ0n) is 9.22. The molecule has 0 aromatic carbocycles. The smallest absolute Gasteiger partial charge is 0.255 e. The lowest BCUT2D eigenvalue weighted by Crippen LogP contribution is -2.46. The van der Waals surface area contributed by atoms with Crippen LogP contribution in [-0.2, 0) is 4.79 Å². The van der Waals surface area contributed by atoms with Gasteiger partial charge in [-0.1, -0.05) is 15.9 Å². The monoisotopic (exact) mass is 315 g/mol. The molecule has 0 bridgehead atoms. The molecule has 1 aliphatic heterocycles. The van der Waals surface area contributed by atoms with Crippen LogP contribution in [-0.4, -0.2) is 46.2 Å². The van der Waals surface area contributed by atoms with Crippen LogP contribution in [0.15, 0.2) is 0 Å². The molecule has 0 aliphatic carbocycles. The van der Waals surface area contributed by atoms with E-state index in [0.29, 0.717) is 11.9 Å². The maximum absolute atomic E-state index is 12.4. The topological polar surface area (TPSA) is 20.3 Å². The second-order valence-electron chi connectivity index (χ2n) is 4.01. The highest BCUT2D eigenvalue weighted by Crippen LogP contribution is 2.39. The molecule has 1 atom stereocenters. The van der Waals surface area contributed by atoms with E-state index in [1.165, 1.54) is 4.90 Å². The van der Waals surface area contributed by atoms with Crippen LogP contribution in [0.2, 0.25) is 0 Å². The van der Waals surface area contributed by atoms with Crippen molar-refractivity contribution in [1.82, 2.24) is 4.90 Å². The minimum absolute atomic E-state index is 0.144. The van der Waals surface area contributed by atoms with Gasteiger partial charge in [-0.05, 0) is 25.5 Å². The van der Waals surface area contributed by atoms with E-state index in [4.69, 9.17) is 0 Å². The molecule has 0 radical (unpaired) electrons. The van der Waals surface area contributed by atoms with Crippen LogP contribution in [0.5, 0.6) is 0 Å². The quantitative estimate of drug-likeness (QED) is 0.727. The third-order valence-electron chi connectivity index (χ3n) is 2.67. The van der Waals surface area contributed by atoms with Crippen LogP contribution < -0.4 is 0 Å². The first-order chi connectivity index (χ1) is 7.49. The summed E-state index contributed by atoms with van der Waals surface area (Å²) in [5, 5.41) is 0.534. The summed E-state index contributed by atoms with van der Waals surface area (Å²) in [7, 11) is 0. The Labute approximate surface area is 107 Å². The van der Waals surface area contributed by atoms with Gasteiger partial charge in [-0.3, -0.25) is 4.79 Å². The average Bonchev–Trinajstić information content (AvgIpc) is 2.64. The summed E-state index contributed by atoms with van der Waals surface area (Å²) in [6.45, 7) is 1.75. The molecule has 0 N–H and O–H groups in total. The first-order valence-electron chi connectivity index (χ1n) is 5.27. The van der Waals surface area contributed by atoms with Crippen molar-refractivity contribution in [2.24, 2.45) is 0 Å². The summed E-state index contributed by atoms with van der Waals surface area (Å²) >= 11 is 4.77. The van der Waals surface area contributed by atoms with Gasteiger partial charge in [-0.15, -0.1) is 11.8 Å². The number of hydrogen-bond acceptors (Lipinski definition) is 2. The Bertz CT molecular complexity index is 247. The van der Waals surface area contributed by atoms with Gasteiger partial charge in [0.25, 0.3) is 6.43 Å². The maximum atomic E-state index is 12.4. The van der Waals surface area contributed by atoms with Gasteiger partial charge in [0.15, 0.2) is 0 Å². The Hall–Kier alpha value is 0.160. The van der Waals surface area contributed by atoms with Crippen molar-refractivity contribution < 1.29 is 13.6 Å². The van der Waals surface area contributed by atoms with Crippen LogP contribution in [0.25, 0.3) is 0 Å². The van der Waals surface area contributed by atoms with Gasteiger partial charge in [0, 0.05) is 11.9 Å². The Morgan fingerprint density at radius 3 is 2.75 bits per heavy atom. The van der Waals surface area contributed by atoms with Crippen molar-refractivity contribution in [1.29, 1.82) is 0 Å². The average molecular weight is 316 g/mol. The van der Waals surface area contributed by atoms with Crippen molar-refractivity contribution in [2.75, 3.05) is 24.2 Å². The lowest BCUT2D eigenvalue weighted by Gasteiger charge is -2.30. The number of thioether (sulfide) groups is 1. The Morgan fingerprint density at radius 2 is 2.31 bits per heavy atom. The van der Waals surface area contributed by atoms with E-state index in [1.54, 1.807) is 11.8 Å². The van der Waals surface area contributed by atoms with Gasteiger partial charge < -0.3 is 4.90 Å². The predicted molar refractivity (Wildman–Crippen MR) is 66.5 cm³/mol. The molecule has 94 valence electrons. The van der Waals surface area contributed by atoms with Gasteiger partial charge >= 0.3 is 0 Å². The number of carbonyl (C=O) groups excluding carboxylic acids is 1. The number of halogens is 3. The van der Waals surface area contributed by atoms with E-state index in [0.717, 1.165) is 18.6 Å². The molecule has 0 aromatic heterocycles. The fourth-order valence-electron chi connectivity index (χ4n) is 1.83. The lowest BCUT2D eigenvalue weighted by molar-refractivity contribution is -0.135. The summed E-state index contributed by atoms with van der Waals surface area (Å²) in [6.07, 6.45) is -0.680. The van der Waals surface area contributed by atoms with E-state index in [1.807, 2.05) is 6.92 Å². The number of alkyl halides is 3. The van der Waals surface area contributed by atoms with E-state index >= 15 is 0 Å². The first kappa shape index (κ1) is 14.2. The third-order valence-corrected chi connectivity index (χ3v) is 4.53. The van der Waals surface area contributed by atoms with Crippen LogP contribution in [0.1, 0.15) is 19.8 Å². The molecule has 0 spiro atoms. The molecular formula is C10H16BrF2NOS. The number of hydrogen-bond donors (Lipinski definition) is 0. The predicted octanol–water partition coefficient (Wildman–Crippen LogP) is 2.76. The Kier molecular flexibility index (Phi) is 5.50. The summed E-state index contributed by atoms with van der Waals surface area (Å²) in [4.78, 5) is 13.4. The zero-order chi connectivity index (χ0) is 12.2. The normalized spacial score (nSPS) is 25.1. The summed E-state index contributed by atoms with van der Waals surface area (Å²) in [5.74, 6) is 0.800. The standard InChI is InChI=1S/C10H16BrF2NOS/c1-10(3-2-6-16-10)9(15)14(5-4-11)7-8(12)13/h8H,2-7H2,1H3. The highest BCUT2D eigenvalue weighted by Gasteiger charge is 2.40. The minimum Gasteiger partial charge on any atom is -0.335 e. The number of amides is 1. The van der Waals surface area contributed by atoms with E-state index < -0.39 is 17.7 Å². The first-order valence-corrected chi connectivity index (χ1v) is 7.38. The molecule has 1 fully saturated rings. The summed E-state index contributed by atoms with van der Waals surface area (Å²) in [6, 6.07) is 0. The van der Waals surface area contributed by atoms with E-state index in [2.05, 4.69) is 15.9 Å². The van der Waals surface area contributed by atoms with Crippen LogP contribution in [0.4, 0.5) is 8.78 Å². The fraction of sp³-hybridized carbons (Fsp3) is 0.900. The largest absolute Gasteiger partial charge is 0.335 e. The summed E-state index contributed by atoms with van der Waals surface area (Å²) < 4.78 is 24.2. The van der Waals surface area contributed by atoms with Crippen molar-refractivity contribution in [2.45, 2.75) is 30.9 Å².